The van der Waals surface area contributed by atoms with Crippen LogP contribution < -0.4 is 5.43 Å². The van der Waals surface area contributed by atoms with Crippen LogP contribution in [0.25, 0.3) is 10.9 Å². The molecule has 4 nitrogen and oxygen atoms in total. The van der Waals surface area contributed by atoms with E-state index in [1.165, 1.54) is 6.07 Å². The Balaban J connectivity index is 2.39. The molecule has 0 radical (unpaired) electrons. The van der Waals surface area contributed by atoms with E-state index in [0.29, 0.717) is 10.9 Å². The summed E-state index contributed by atoms with van der Waals surface area (Å²) in [7, 11) is -3.01. The normalized spacial score (nSPS) is 17.5. The van der Waals surface area contributed by atoms with Gasteiger partial charge in [0, 0.05) is 23.2 Å². The summed E-state index contributed by atoms with van der Waals surface area (Å²) in [5.74, 6) is 0.127. The number of benzene rings is 1. The van der Waals surface area contributed by atoms with Gasteiger partial charge in [-0.3, -0.25) is 4.79 Å². The van der Waals surface area contributed by atoms with Gasteiger partial charge in [0.2, 0.25) is 0 Å². The van der Waals surface area contributed by atoms with Crippen molar-refractivity contribution in [3.05, 3.63) is 45.7 Å². The smallest absolute Gasteiger partial charge is 0.189 e. The van der Waals surface area contributed by atoms with Crippen LogP contribution in [0.2, 0.25) is 0 Å². The summed E-state index contributed by atoms with van der Waals surface area (Å²) < 4.78 is 22.9. The standard InChI is InChI=1S/C11H9NO3S/c13-11-1-2-12-10-4-8-6-16(14,15)5-7(8)3-9(10)11/h1-4H,5-6H2,(H,12,13). The first-order chi connectivity index (χ1) is 7.55. The van der Waals surface area contributed by atoms with Crippen LogP contribution in [0.1, 0.15) is 11.1 Å². The Morgan fingerprint density at radius 2 is 1.81 bits per heavy atom. The van der Waals surface area contributed by atoms with Crippen molar-refractivity contribution in [2.45, 2.75) is 11.5 Å². The van der Waals surface area contributed by atoms with E-state index in [1.807, 2.05) is 0 Å². The summed E-state index contributed by atoms with van der Waals surface area (Å²) in [6.45, 7) is 0. The second kappa shape index (κ2) is 2.95. The lowest BCUT2D eigenvalue weighted by Gasteiger charge is -2.00. The molecule has 5 heteroatoms. The van der Waals surface area contributed by atoms with Crippen molar-refractivity contribution >= 4 is 20.7 Å². The fourth-order valence-electron chi connectivity index (χ4n) is 2.10. The van der Waals surface area contributed by atoms with Crippen LogP contribution in [0.3, 0.4) is 0 Å². The number of hydrogen-bond donors (Lipinski definition) is 1. The van der Waals surface area contributed by atoms with Crippen LogP contribution in [0.15, 0.2) is 29.2 Å². The van der Waals surface area contributed by atoms with Crippen molar-refractivity contribution in [2.24, 2.45) is 0 Å². The van der Waals surface area contributed by atoms with Crippen molar-refractivity contribution in [3.63, 3.8) is 0 Å². The predicted octanol–water partition coefficient (Wildman–Crippen LogP) is 0.957. The lowest BCUT2D eigenvalue weighted by molar-refractivity contribution is 0.598. The predicted molar refractivity (Wildman–Crippen MR) is 60.9 cm³/mol. The van der Waals surface area contributed by atoms with Crippen molar-refractivity contribution < 1.29 is 8.42 Å². The lowest BCUT2D eigenvalue weighted by atomic mass is 10.1. The number of sulfone groups is 1. The van der Waals surface area contributed by atoms with Gasteiger partial charge in [-0.15, -0.1) is 0 Å². The Morgan fingerprint density at radius 1 is 1.12 bits per heavy atom. The summed E-state index contributed by atoms with van der Waals surface area (Å²) in [4.78, 5) is 14.5. The summed E-state index contributed by atoms with van der Waals surface area (Å²) >= 11 is 0. The number of H-pyrrole nitrogens is 1. The van der Waals surface area contributed by atoms with Gasteiger partial charge in [0.25, 0.3) is 0 Å². The van der Waals surface area contributed by atoms with Crippen molar-refractivity contribution in [3.8, 4) is 0 Å². The largest absolute Gasteiger partial charge is 0.361 e. The maximum Gasteiger partial charge on any atom is 0.189 e. The molecule has 0 spiro atoms. The van der Waals surface area contributed by atoms with E-state index >= 15 is 0 Å². The molecule has 82 valence electrons. The first-order valence-electron chi connectivity index (χ1n) is 4.89. The zero-order valence-electron chi connectivity index (χ0n) is 8.36. The first kappa shape index (κ1) is 9.59. The minimum Gasteiger partial charge on any atom is -0.361 e. The fraction of sp³-hybridized carbons (Fsp3) is 0.182. The molecule has 3 rings (SSSR count). The Labute approximate surface area is 91.8 Å². The van der Waals surface area contributed by atoms with E-state index in [2.05, 4.69) is 4.98 Å². The molecule has 1 aliphatic rings. The highest BCUT2D eigenvalue weighted by Crippen LogP contribution is 2.27. The minimum atomic E-state index is -3.01. The molecule has 1 aliphatic heterocycles. The molecule has 0 saturated heterocycles. The quantitative estimate of drug-likeness (QED) is 0.739. The molecular weight excluding hydrogens is 226 g/mol. The van der Waals surface area contributed by atoms with Gasteiger partial charge in [-0.1, -0.05) is 0 Å². The third kappa shape index (κ3) is 1.36. The third-order valence-corrected chi connectivity index (χ3v) is 4.33. The average Bonchev–Trinajstić information content (AvgIpc) is 2.48. The van der Waals surface area contributed by atoms with E-state index in [1.54, 1.807) is 18.3 Å². The molecule has 16 heavy (non-hydrogen) atoms. The van der Waals surface area contributed by atoms with E-state index in [-0.39, 0.29) is 16.9 Å². The maximum atomic E-state index is 11.6. The van der Waals surface area contributed by atoms with Gasteiger partial charge < -0.3 is 4.98 Å². The van der Waals surface area contributed by atoms with E-state index in [9.17, 15) is 13.2 Å². The number of pyridine rings is 1. The van der Waals surface area contributed by atoms with Crippen LogP contribution >= 0.6 is 0 Å². The van der Waals surface area contributed by atoms with Gasteiger partial charge in [-0.25, -0.2) is 8.42 Å². The SMILES string of the molecule is O=c1cc[nH]c2cc3c(cc12)CS(=O)(=O)C3. The van der Waals surface area contributed by atoms with Crippen molar-refractivity contribution in [1.82, 2.24) is 4.98 Å². The van der Waals surface area contributed by atoms with Gasteiger partial charge in [0.15, 0.2) is 15.3 Å². The van der Waals surface area contributed by atoms with Gasteiger partial charge in [0.1, 0.15) is 0 Å². The van der Waals surface area contributed by atoms with Crippen LogP contribution in [0.4, 0.5) is 0 Å². The monoisotopic (exact) mass is 235 g/mol. The van der Waals surface area contributed by atoms with Gasteiger partial charge in [-0.2, -0.15) is 0 Å². The van der Waals surface area contributed by atoms with Crippen LogP contribution in [-0.4, -0.2) is 13.4 Å². The van der Waals surface area contributed by atoms with Crippen LogP contribution in [0, 0.1) is 0 Å². The number of hydrogen-bond acceptors (Lipinski definition) is 3. The molecule has 0 aliphatic carbocycles. The highest BCUT2D eigenvalue weighted by Gasteiger charge is 2.25. The summed E-state index contributed by atoms with van der Waals surface area (Å²) in [6, 6.07) is 4.89. The molecule has 0 saturated carbocycles. The number of rotatable bonds is 0. The zero-order chi connectivity index (χ0) is 11.3. The summed E-state index contributed by atoms with van der Waals surface area (Å²) in [5, 5.41) is 0.554. The maximum absolute atomic E-state index is 11.6. The Morgan fingerprint density at radius 3 is 2.56 bits per heavy atom. The van der Waals surface area contributed by atoms with Crippen molar-refractivity contribution in [2.75, 3.05) is 0 Å². The van der Waals surface area contributed by atoms with Crippen LogP contribution in [-0.2, 0) is 21.3 Å². The van der Waals surface area contributed by atoms with E-state index in [4.69, 9.17) is 0 Å². The molecule has 0 atom stereocenters. The minimum absolute atomic E-state index is 0.0482. The zero-order valence-corrected chi connectivity index (χ0v) is 9.17. The molecule has 2 heterocycles. The number of fused-ring (bicyclic) bond motifs is 2. The summed E-state index contributed by atoms with van der Waals surface area (Å²) in [5.41, 5.74) is 2.17. The Bertz CT molecular complexity index is 743. The highest BCUT2D eigenvalue weighted by molar-refractivity contribution is 7.90. The average molecular weight is 235 g/mol. The molecule has 0 amide bonds. The second-order valence-electron chi connectivity index (χ2n) is 4.04. The molecule has 0 bridgehead atoms. The second-order valence-corrected chi connectivity index (χ2v) is 6.11. The van der Waals surface area contributed by atoms with Gasteiger partial charge in [0.05, 0.1) is 11.5 Å². The number of aromatic amines is 1. The van der Waals surface area contributed by atoms with Crippen molar-refractivity contribution in [1.29, 1.82) is 0 Å². The molecule has 1 aromatic heterocycles. The third-order valence-electron chi connectivity index (χ3n) is 2.83. The van der Waals surface area contributed by atoms with Crippen LogP contribution in [0.5, 0.6) is 0 Å². The molecule has 0 fully saturated rings. The highest BCUT2D eigenvalue weighted by atomic mass is 32.2. The molecule has 1 aromatic carbocycles. The summed E-state index contributed by atoms with van der Waals surface area (Å²) in [6.07, 6.45) is 1.57. The molecule has 2 aromatic rings. The fourth-order valence-corrected chi connectivity index (χ4v) is 3.69. The molecular formula is C11H9NO3S. The first-order valence-corrected chi connectivity index (χ1v) is 6.71. The van der Waals surface area contributed by atoms with Gasteiger partial charge >= 0.3 is 0 Å². The Hall–Kier alpha value is -1.62. The molecule has 1 N–H and O–H groups in total. The number of nitrogens with one attached hydrogen (secondary N) is 1. The van der Waals surface area contributed by atoms with Gasteiger partial charge in [-0.05, 0) is 23.3 Å². The topological polar surface area (TPSA) is 67.0 Å². The van der Waals surface area contributed by atoms with E-state index < -0.39 is 9.84 Å². The molecule has 0 unspecified atom stereocenters. The lowest BCUT2D eigenvalue weighted by Crippen LogP contribution is -2.01. The Kier molecular flexibility index (Phi) is 1.77. The number of aromatic nitrogens is 1. The van der Waals surface area contributed by atoms with E-state index in [0.717, 1.165) is 11.1 Å².